The van der Waals surface area contributed by atoms with Crippen molar-refractivity contribution < 1.29 is 4.79 Å². The van der Waals surface area contributed by atoms with E-state index in [4.69, 9.17) is 5.73 Å². The lowest BCUT2D eigenvalue weighted by atomic mass is 10.0. The summed E-state index contributed by atoms with van der Waals surface area (Å²) in [6.07, 6.45) is 0.725. The van der Waals surface area contributed by atoms with Gasteiger partial charge in [0, 0.05) is 24.4 Å². The first-order valence-electron chi connectivity index (χ1n) is 6.54. The summed E-state index contributed by atoms with van der Waals surface area (Å²) in [5.74, 6) is 0.286. The Hall–Kier alpha value is -0.980. The lowest BCUT2D eigenvalue weighted by Gasteiger charge is -2.25. The number of amides is 1. The fraction of sp³-hybridized carbons (Fsp3) is 0.692. The summed E-state index contributed by atoms with van der Waals surface area (Å²) in [7, 11) is 4.01. The van der Waals surface area contributed by atoms with Crippen LogP contribution in [0.5, 0.6) is 0 Å². The number of carbonyl (C=O) groups is 1. The fourth-order valence-electron chi connectivity index (χ4n) is 1.71. The van der Waals surface area contributed by atoms with Crippen molar-refractivity contribution >= 4 is 17.2 Å². The second-order valence-corrected chi connectivity index (χ2v) is 6.19. The molecular formula is C13H24N4OS. The van der Waals surface area contributed by atoms with E-state index in [2.05, 4.69) is 29.0 Å². The summed E-state index contributed by atoms with van der Waals surface area (Å²) in [5, 5.41) is 5.77. The van der Waals surface area contributed by atoms with Crippen LogP contribution in [0.15, 0.2) is 5.38 Å². The second kappa shape index (κ2) is 7.57. The number of likely N-dealkylation sites (N-methyl/N-ethyl adjacent to an activating group) is 1. The molecular weight excluding hydrogens is 260 g/mol. The highest BCUT2D eigenvalue weighted by Crippen LogP contribution is 2.11. The van der Waals surface area contributed by atoms with Crippen molar-refractivity contribution in [2.24, 2.45) is 11.7 Å². The molecule has 108 valence electrons. The van der Waals surface area contributed by atoms with Crippen molar-refractivity contribution in [2.45, 2.75) is 26.3 Å². The van der Waals surface area contributed by atoms with Gasteiger partial charge < -0.3 is 16.0 Å². The Morgan fingerprint density at radius 2 is 2.21 bits per heavy atom. The number of carbonyl (C=O) groups excluding carboxylic acids is 1. The smallest absolute Gasteiger partial charge is 0.271 e. The molecule has 5 nitrogen and oxygen atoms in total. The van der Waals surface area contributed by atoms with Crippen LogP contribution in [0.2, 0.25) is 0 Å². The maximum atomic E-state index is 12.1. The molecule has 0 fully saturated rings. The number of aromatic nitrogens is 1. The Balaban J connectivity index is 2.64. The number of hydrogen-bond donors (Lipinski definition) is 2. The molecule has 1 rings (SSSR count). The zero-order valence-corrected chi connectivity index (χ0v) is 13.0. The van der Waals surface area contributed by atoms with Gasteiger partial charge >= 0.3 is 0 Å². The average Bonchev–Trinajstić information content (AvgIpc) is 2.76. The molecule has 1 amide bonds. The highest BCUT2D eigenvalue weighted by atomic mass is 32.1. The summed E-state index contributed by atoms with van der Waals surface area (Å²) in [6.45, 7) is 5.59. The minimum Gasteiger partial charge on any atom is -0.346 e. The van der Waals surface area contributed by atoms with E-state index < -0.39 is 0 Å². The predicted molar refractivity (Wildman–Crippen MR) is 79.5 cm³/mol. The Kier molecular flexibility index (Phi) is 6.41. The Labute approximate surface area is 119 Å². The zero-order chi connectivity index (χ0) is 14.4. The number of nitrogens with two attached hydrogens (primary N) is 1. The van der Waals surface area contributed by atoms with Gasteiger partial charge in [-0.2, -0.15) is 0 Å². The first-order valence-corrected chi connectivity index (χ1v) is 7.42. The Bertz CT molecular complexity index is 403. The SMILES string of the molecule is CC(C)C(CN(C)C)NC(=O)c1csc(CCN)n1. The topological polar surface area (TPSA) is 71.2 Å². The van der Waals surface area contributed by atoms with Crippen molar-refractivity contribution in [3.63, 3.8) is 0 Å². The lowest BCUT2D eigenvalue weighted by molar-refractivity contribution is 0.0912. The number of thiazole rings is 1. The van der Waals surface area contributed by atoms with Gasteiger partial charge in [-0.05, 0) is 26.6 Å². The van der Waals surface area contributed by atoms with Crippen molar-refractivity contribution in [1.29, 1.82) is 0 Å². The predicted octanol–water partition coefficient (Wildman–Crippen LogP) is 0.960. The van der Waals surface area contributed by atoms with Gasteiger partial charge in [-0.15, -0.1) is 11.3 Å². The third-order valence-corrected chi connectivity index (χ3v) is 3.73. The van der Waals surface area contributed by atoms with Crippen LogP contribution in [0, 0.1) is 5.92 Å². The normalized spacial score (nSPS) is 13.0. The van der Waals surface area contributed by atoms with Gasteiger partial charge in [0.2, 0.25) is 0 Å². The number of nitrogens with one attached hydrogen (secondary N) is 1. The summed E-state index contributed by atoms with van der Waals surface area (Å²) >= 11 is 1.49. The molecule has 0 bridgehead atoms. The Morgan fingerprint density at radius 3 is 2.74 bits per heavy atom. The van der Waals surface area contributed by atoms with E-state index in [0.29, 0.717) is 18.2 Å². The molecule has 0 radical (unpaired) electrons. The first-order chi connectivity index (χ1) is 8.93. The van der Waals surface area contributed by atoms with Crippen LogP contribution >= 0.6 is 11.3 Å². The van der Waals surface area contributed by atoms with Gasteiger partial charge in [0.15, 0.2) is 0 Å². The molecule has 0 aliphatic carbocycles. The molecule has 19 heavy (non-hydrogen) atoms. The van der Waals surface area contributed by atoms with Gasteiger partial charge in [-0.1, -0.05) is 13.8 Å². The molecule has 0 saturated heterocycles. The van der Waals surface area contributed by atoms with Gasteiger partial charge in [-0.25, -0.2) is 4.98 Å². The lowest BCUT2D eigenvalue weighted by Crippen LogP contribution is -2.45. The standard InChI is InChI=1S/C13H24N4OS/c1-9(2)10(7-17(3)4)16-13(18)11-8-19-12(15-11)5-6-14/h8-10H,5-7,14H2,1-4H3,(H,16,18). The zero-order valence-electron chi connectivity index (χ0n) is 12.1. The van der Waals surface area contributed by atoms with Crippen LogP contribution in [0.3, 0.4) is 0 Å². The van der Waals surface area contributed by atoms with Gasteiger partial charge in [-0.3, -0.25) is 4.79 Å². The van der Waals surface area contributed by atoms with Crippen LogP contribution in [-0.4, -0.2) is 49.0 Å². The molecule has 1 heterocycles. The number of rotatable bonds is 7. The van der Waals surface area contributed by atoms with E-state index in [1.165, 1.54) is 11.3 Å². The summed E-state index contributed by atoms with van der Waals surface area (Å²) in [4.78, 5) is 18.5. The van der Waals surface area contributed by atoms with Crippen molar-refractivity contribution in [1.82, 2.24) is 15.2 Å². The van der Waals surface area contributed by atoms with Gasteiger partial charge in [0.25, 0.3) is 5.91 Å². The largest absolute Gasteiger partial charge is 0.346 e. The van der Waals surface area contributed by atoms with Crippen molar-refractivity contribution in [2.75, 3.05) is 27.2 Å². The second-order valence-electron chi connectivity index (χ2n) is 5.25. The fourth-order valence-corrected chi connectivity index (χ4v) is 2.51. The quantitative estimate of drug-likeness (QED) is 0.782. The molecule has 6 heteroatoms. The number of hydrogen-bond acceptors (Lipinski definition) is 5. The van der Waals surface area contributed by atoms with E-state index in [1.54, 1.807) is 5.38 Å². The third-order valence-electron chi connectivity index (χ3n) is 2.83. The van der Waals surface area contributed by atoms with E-state index in [9.17, 15) is 4.79 Å². The molecule has 0 aliphatic heterocycles. The number of nitrogens with zero attached hydrogens (tertiary/aromatic N) is 2. The highest BCUT2D eigenvalue weighted by Gasteiger charge is 2.19. The van der Waals surface area contributed by atoms with E-state index in [1.807, 2.05) is 14.1 Å². The van der Waals surface area contributed by atoms with Crippen LogP contribution in [-0.2, 0) is 6.42 Å². The highest BCUT2D eigenvalue weighted by molar-refractivity contribution is 7.09. The maximum absolute atomic E-state index is 12.1. The molecule has 1 aromatic heterocycles. The molecule has 0 saturated carbocycles. The molecule has 3 N–H and O–H groups in total. The monoisotopic (exact) mass is 284 g/mol. The van der Waals surface area contributed by atoms with Gasteiger partial charge in [0.05, 0.1) is 5.01 Å². The summed E-state index contributed by atoms with van der Waals surface area (Å²) in [5.41, 5.74) is 5.98. The van der Waals surface area contributed by atoms with E-state index in [0.717, 1.165) is 18.0 Å². The Morgan fingerprint density at radius 1 is 1.53 bits per heavy atom. The van der Waals surface area contributed by atoms with Gasteiger partial charge in [0.1, 0.15) is 5.69 Å². The molecule has 1 atom stereocenters. The van der Waals surface area contributed by atoms with Crippen LogP contribution in [0.4, 0.5) is 0 Å². The maximum Gasteiger partial charge on any atom is 0.271 e. The van der Waals surface area contributed by atoms with E-state index >= 15 is 0 Å². The average molecular weight is 284 g/mol. The minimum atomic E-state index is -0.0972. The van der Waals surface area contributed by atoms with Crippen molar-refractivity contribution in [3.05, 3.63) is 16.1 Å². The van der Waals surface area contributed by atoms with Crippen molar-refractivity contribution in [3.8, 4) is 0 Å². The molecule has 0 aliphatic rings. The minimum absolute atomic E-state index is 0.0972. The summed E-state index contributed by atoms with van der Waals surface area (Å²) < 4.78 is 0. The van der Waals surface area contributed by atoms with E-state index in [-0.39, 0.29) is 11.9 Å². The molecule has 0 spiro atoms. The molecule has 0 aromatic carbocycles. The van der Waals surface area contributed by atoms with Crippen LogP contribution in [0.1, 0.15) is 29.3 Å². The molecule has 1 aromatic rings. The molecule has 1 unspecified atom stereocenters. The third kappa shape index (κ3) is 5.26. The van der Waals surface area contributed by atoms with Crippen LogP contribution in [0.25, 0.3) is 0 Å². The van der Waals surface area contributed by atoms with Crippen LogP contribution < -0.4 is 11.1 Å². The first kappa shape index (κ1) is 16.1. The summed E-state index contributed by atoms with van der Waals surface area (Å²) in [6, 6.07) is 0.127.